The van der Waals surface area contributed by atoms with Crippen LogP contribution in [0.1, 0.15) is 42.3 Å². The molecule has 166 valence electrons. The Balaban J connectivity index is 1.43. The molecular weight excluding hydrogens is 416 g/mol. The first-order valence-electron chi connectivity index (χ1n) is 10.8. The van der Waals surface area contributed by atoms with Crippen molar-refractivity contribution < 1.29 is 4.52 Å². The molecule has 0 aliphatic rings. The first-order chi connectivity index (χ1) is 15.9. The summed E-state index contributed by atoms with van der Waals surface area (Å²) in [5, 5.41) is 8.91. The van der Waals surface area contributed by atoms with Gasteiger partial charge in [-0.05, 0) is 48.6 Å². The average Bonchev–Trinajstić information content (AvgIpc) is 3.43. The number of hydrogen-bond acceptors (Lipinski definition) is 6. The molecule has 3 heterocycles. The van der Waals surface area contributed by atoms with Gasteiger partial charge in [0, 0.05) is 5.56 Å². The highest BCUT2D eigenvalue weighted by atomic mass is 16.5. The van der Waals surface area contributed by atoms with Gasteiger partial charge in [-0.1, -0.05) is 49.3 Å². The van der Waals surface area contributed by atoms with Gasteiger partial charge in [0.15, 0.2) is 5.65 Å². The lowest BCUT2D eigenvalue weighted by atomic mass is 10.0. The lowest BCUT2D eigenvalue weighted by molar-refractivity contribution is 0.369. The van der Waals surface area contributed by atoms with E-state index in [1.54, 1.807) is 10.9 Å². The molecule has 2 aromatic carbocycles. The van der Waals surface area contributed by atoms with E-state index in [2.05, 4.69) is 52.3 Å². The fraction of sp³-hybridized carbons (Fsp3) is 0.240. The predicted molar refractivity (Wildman–Crippen MR) is 126 cm³/mol. The van der Waals surface area contributed by atoms with Crippen molar-refractivity contribution >= 4 is 11.0 Å². The zero-order valence-corrected chi connectivity index (χ0v) is 19.0. The van der Waals surface area contributed by atoms with Crippen LogP contribution in [0.25, 0.3) is 28.1 Å². The van der Waals surface area contributed by atoms with Crippen molar-refractivity contribution in [2.24, 2.45) is 0 Å². The first kappa shape index (κ1) is 20.8. The standard InChI is InChI=1S/C25H24N6O2/c1-15(2)18-5-7-19(8-6-18)23-28-22(33-29-23)13-30-14-26-24-21(25(30)32)12-27-31(24)20-10-16(3)9-17(4)11-20/h5-12,14-15H,13H2,1-4H3. The molecule has 0 N–H and O–H groups in total. The monoisotopic (exact) mass is 440 g/mol. The largest absolute Gasteiger partial charge is 0.337 e. The summed E-state index contributed by atoms with van der Waals surface area (Å²) in [5.41, 5.74) is 5.52. The van der Waals surface area contributed by atoms with Gasteiger partial charge in [-0.25, -0.2) is 9.67 Å². The lowest BCUT2D eigenvalue weighted by Gasteiger charge is -2.07. The van der Waals surface area contributed by atoms with Gasteiger partial charge in [-0.15, -0.1) is 0 Å². The third-order valence-electron chi connectivity index (χ3n) is 5.61. The minimum atomic E-state index is -0.211. The molecule has 0 amide bonds. The molecule has 0 saturated heterocycles. The molecule has 33 heavy (non-hydrogen) atoms. The third-order valence-corrected chi connectivity index (χ3v) is 5.61. The second-order valence-corrected chi connectivity index (χ2v) is 8.61. The number of benzene rings is 2. The van der Waals surface area contributed by atoms with Crippen molar-refractivity contribution in [1.29, 1.82) is 0 Å². The summed E-state index contributed by atoms with van der Waals surface area (Å²) in [6.07, 6.45) is 3.04. The Labute approximate surface area is 190 Å². The molecular formula is C25H24N6O2. The molecule has 8 nitrogen and oxygen atoms in total. The maximum Gasteiger partial charge on any atom is 0.264 e. The summed E-state index contributed by atoms with van der Waals surface area (Å²) in [6.45, 7) is 8.48. The summed E-state index contributed by atoms with van der Waals surface area (Å²) >= 11 is 0. The number of aryl methyl sites for hydroxylation is 2. The Kier molecular flexibility index (Phi) is 5.12. The Morgan fingerprint density at radius 2 is 1.76 bits per heavy atom. The molecule has 0 atom stereocenters. The number of fused-ring (bicyclic) bond motifs is 1. The molecule has 0 aliphatic heterocycles. The SMILES string of the molecule is Cc1cc(C)cc(-n2ncc3c(=O)n(Cc4nc(-c5ccc(C(C)C)cc5)no4)cnc32)c1. The predicted octanol–water partition coefficient (Wildman–Crippen LogP) is 4.42. The highest BCUT2D eigenvalue weighted by molar-refractivity contribution is 5.75. The average molecular weight is 441 g/mol. The van der Waals surface area contributed by atoms with Gasteiger partial charge >= 0.3 is 0 Å². The van der Waals surface area contributed by atoms with Crippen LogP contribution in [-0.2, 0) is 6.54 Å². The van der Waals surface area contributed by atoms with Crippen molar-refractivity contribution in [2.45, 2.75) is 40.2 Å². The Morgan fingerprint density at radius 1 is 1.03 bits per heavy atom. The van der Waals surface area contributed by atoms with E-state index in [0.29, 0.717) is 28.7 Å². The summed E-state index contributed by atoms with van der Waals surface area (Å²) in [7, 11) is 0. The van der Waals surface area contributed by atoms with Crippen LogP contribution in [0.3, 0.4) is 0 Å². The second kappa shape index (κ2) is 8.12. The quantitative estimate of drug-likeness (QED) is 0.402. The van der Waals surface area contributed by atoms with E-state index in [-0.39, 0.29) is 12.1 Å². The van der Waals surface area contributed by atoms with Gasteiger partial charge in [-0.2, -0.15) is 10.1 Å². The van der Waals surface area contributed by atoms with Gasteiger partial charge in [0.1, 0.15) is 18.3 Å². The maximum absolute atomic E-state index is 13.1. The van der Waals surface area contributed by atoms with E-state index in [4.69, 9.17) is 4.52 Å². The van der Waals surface area contributed by atoms with Crippen LogP contribution < -0.4 is 5.56 Å². The van der Waals surface area contributed by atoms with Crippen molar-refractivity contribution in [1.82, 2.24) is 29.5 Å². The third kappa shape index (κ3) is 3.95. The summed E-state index contributed by atoms with van der Waals surface area (Å²) < 4.78 is 8.54. The Bertz CT molecular complexity index is 1490. The summed E-state index contributed by atoms with van der Waals surface area (Å²) in [6, 6.07) is 14.2. The van der Waals surface area contributed by atoms with Gasteiger partial charge < -0.3 is 4.52 Å². The van der Waals surface area contributed by atoms with Crippen LogP contribution >= 0.6 is 0 Å². The van der Waals surface area contributed by atoms with Gasteiger partial charge in [0.05, 0.1) is 11.9 Å². The fourth-order valence-corrected chi connectivity index (χ4v) is 3.92. The van der Waals surface area contributed by atoms with Crippen molar-refractivity contribution in [3.05, 3.63) is 87.9 Å². The molecule has 0 unspecified atom stereocenters. The van der Waals surface area contributed by atoms with Gasteiger partial charge in [0.25, 0.3) is 5.56 Å². The van der Waals surface area contributed by atoms with Gasteiger partial charge in [-0.3, -0.25) is 9.36 Å². The van der Waals surface area contributed by atoms with Crippen LogP contribution in [0.5, 0.6) is 0 Å². The van der Waals surface area contributed by atoms with E-state index >= 15 is 0 Å². The number of nitrogens with zero attached hydrogens (tertiary/aromatic N) is 6. The van der Waals surface area contributed by atoms with Crippen molar-refractivity contribution in [2.75, 3.05) is 0 Å². The normalized spacial score (nSPS) is 11.5. The molecule has 8 heteroatoms. The van der Waals surface area contributed by atoms with Crippen LogP contribution in [-0.4, -0.2) is 29.5 Å². The summed E-state index contributed by atoms with van der Waals surface area (Å²) in [5.74, 6) is 1.28. The Hall–Kier alpha value is -4.07. The number of hydrogen-bond donors (Lipinski definition) is 0. The maximum atomic E-state index is 13.1. The lowest BCUT2D eigenvalue weighted by Crippen LogP contribution is -2.21. The van der Waals surface area contributed by atoms with Crippen LogP contribution in [0.2, 0.25) is 0 Å². The van der Waals surface area contributed by atoms with Crippen LogP contribution in [0, 0.1) is 13.8 Å². The molecule has 0 aliphatic carbocycles. The van der Waals surface area contributed by atoms with Crippen molar-refractivity contribution in [3.8, 4) is 17.1 Å². The molecule has 0 radical (unpaired) electrons. The van der Waals surface area contributed by atoms with E-state index in [0.717, 1.165) is 22.4 Å². The van der Waals surface area contributed by atoms with Crippen LogP contribution in [0.4, 0.5) is 0 Å². The molecule has 0 fully saturated rings. The van der Waals surface area contributed by atoms with Crippen molar-refractivity contribution in [3.63, 3.8) is 0 Å². The smallest absolute Gasteiger partial charge is 0.264 e. The highest BCUT2D eigenvalue weighted by Gasteiger charge is 2.15. The first-order valence-corrected chi connectivity index (χ1v) is 10.8. The molecule has 5 aromatic rings. The van der Waals surface area contributed by atoms with Crippen LogP contribution in [0.15, 0.2) is 64.3 Å². The summed E-state index contributed by atoms with van der Waals surface area (Å²) in [4.78, 5) is 22.0. The number of rotatable bonds is 5. The molecule has 0 bridgehead atoms. The van der Waals surface area contributed by atoms with E-state index in [1.165, 1.54) is 16.5 Å². The van der Waals surface area contributed by atoms with E-state index in [9.17, 15) is 4.79 Å². The minimum Gasteiger partial charge on any atom is -0.337 e. The molecule has 0 saturated carbocycles. The zero-order valence-electron chi connectivity index (χ0n) is 19.0. The highest BCUT2D eigenvalue weighted by Crippen LogP contribution is 2.21. The molecule has 0 spiro atoms. The Morgan fingerprint density at radius 3 is 2.45 bits per heavy atom. The molecule has 5 rings (SSSR count). The van der Waals surface area contributed by atoms with E-state index in [1.807, 2.05) is 38.1 Å². The zero-order chi connectivity index (χ0) is 23.1. The topological polar surface area (TPSA) is 91.6 Å². The minimum absolute atomic E-state index is 0.133. The second-order valence-electron chi connectivity index (χ2n) is 8.61. The number of aromatic nitrogens is 6. The van der Waals surface area contributed by atoms with Gasteiger partial charge in [0.2, 0.25) is 11.7 Å². The molecule has 3 aromatic heterocycles. The van der Waals surface area contributed by atoms with E-state index < -0.39 is 0 Å². The fourth-order valence-electron chi connectivity index (χ4n) is 3.92.